The van der Waals surface area contributed by atoms with Gasteiger partial charge in [-0.2, -0.15) is 5.10 Å². The molecule has 3 rings (SSSR count). The van der Waals surface area contributed by atoms with Crippen molar-refractivity contribution in [1.29, 1.82) is 0 Å². The van der Waals surface area contributed by atoms with Gasteiger partial charge in [0.15, 0.2) is 0 Å². The van der Waals surface area contributed by atoms with Crippen molar-refractivity contribution >= 4 is 11.0 Å². The normalized spacial score (nSPS) is 11.3. The number of aryl methyl sites for hydroxylation is 1. The van der Waals surface area contributed by atoms with Gasteiger partial charge in [0.05, 0.1) is 16.7 Å². The molecule has 3 aromatic rings. The standard InChI is InChI=1S/C15H19N5/c1-10-12(8-9-16-3)11(2)20(19-10)15-17-13-6-4-5-7-14(13)18-15/h4-7,16H,8-9H2,1-3H3,(H,17,18). The molecule has 5 nitrogen and oxygen atoms in total. The van der Waals surface area contributed by atoms with E-state index in [2.05, 4.69) is 34.2 Å². The Morgan fingerprint density at radius 3 is 2.80 bits per heavy atom. The lowest BCUT2D eigenvalue weighted by molar-refractivity contribution is 0.776. The smallest absolute Gasteiger partial charge is 0.229 e. The molecular formula is C15H19N5. The Kier molecular flexibility index (Phi) is 3.28. The summed E-state index contributed by atoms with van der Waals surface area (Å²) in [5, 5.41) is 7.80. The summed E-state index contributed by atoms with van der Waals surface area (Å²) >= 11 is 0. The van der Waals surface area contributed by atoms with Crippen LogP contribution < -0.4 is 5.32 Å². The highest BCUT2D eigenvalue weighted by Crippen LogP contribution is 2.19. The fourth-order valence-corrected chi connectivity index (χ4v) is 2.53. The maximum Gasteiger partial charge on any atom is 0.229 e. The zero-order valence-corrected chi connectivity index (χ0v) is 12.1. The highest BCUT2D eigenvalue weighted by molar-refractivity contribution is 5.75. The number of rotatable bonds is 4. The molecule has 0 saturated carbocycles. The first-order valence-corrected chi connectivity index (χ1v) is 6.85. The highest BCUT2D eigenvalue weighted by Gasteiger charge is 2.14. The van der Waals surface area contributed by atoms with E-state index in [1.54, 1.807) is 0 Å². The molecule has 2 heterocycles. The van der Waals surface area contributed by atoms with Crippen molar-refractivity contribution < 1.29 is 0 Å². The first-order valence-electron chi connectivity index (χ1n) is 6.85. The first kappa shape index (κ1) is 12.9. The molecule has 104 valence electrons. The minimum absolute atomic E-state index is 0.780. The maximum absolute atomic E-state index is 4.62. The quantitative estimate of drug-likeness (QED) is 0.763. The molecular weight excluding hydrogens is 250 g/mol. The molecule has 0 aliphatic carbocycles. The fourth-order valence-electron chi connectivity index (χ4n) is 2.53. The van der Waals surface area contributed by atoms with Gasteiger partial charge >= 0.3 is 0 Å². The van der Waals surface area contributed by atoms with E-state index < -0.39 is 0 Å². The minimum atomic E-state index is 0.780. The van der Waals surface area contributed by atoms with Crippen molar-refractivity contribution in [2.75, 3.05) is 13.6 Å². The summed E-state index contributed by atoms with van der Waals surface area (Å²) in [6.45, 7) is 5.10. The number of aromatic amines is 1. The van der Waals surface area contributed by atoms with Gasteiger partial charge in [-0.1, -0.05) is 12.1 Å². The van der Waals surface area contributed by atoms with Crippen molar-refractivity contribution in [3.63, 3.8) is 0 Å². The summed E-state index contributed by atoms with van der Waals surface area (Å²) in [5.74, 6) is 0.780. The van der Waals surface area contributed by atoms with Crippen LogP contribution in [0.3, 0.4) is 0 Å². The number of hydrogen-bond donors (Lipinski definition) is 2. The summed E-state index contributed by atoms with van der Waals surface area (Å²) < 4.78 is 1.90. The summed E-state index contributed by atoms with van der Waals surface area (Å²) in [6, 6.07) is 8.03. The zero-order valence-electron chi connectivity index (χ0n) is 12.1. The third-order valence-electron chi connectivity index (χ3n) is 3.64. The number of benzene rings is 1. The van der Waals surface area contributed by atoms with Crippen molar-refractivity contribution in [3.05, 3.63) is 41.2 Å². The number of fused-ring (bicyclic) bond motifs is 1. The SMILES string of the molecule is CNCCc1c(C)nn(-c2nc3ccccc3[nH]2)c1C. The Hall–Kier alpha value is -2.14. The van der Waals surface area contributed by atoms with Gasteiger partial charge in [-0.15, -0.1) is 0 Å². The van der Waals surface area contributed by atoms with Gasteiger partial charge in [-0.25, -0.2) is 9.67 Å². The van der Waals surface area contributed by atoms with Crippen molar-refractivity contribution in [2.24, 2.45) is 0 Å². The van der Waals surface area contributed by atoms with Crippen LogP contribution in [0.1, 0.15) is 17.0 Å². The molecule has 0 aliphatic heterocycles. The summed E-state index contributed by atoms with van der Waals surface area (Å²) in [5.41, 5.74) is 5.51. The third-order valence-corrected chi connectivity index (χ3v) is 3.64. The topological polar surface area (TPSA) is 58.5 Å². The zero-order chi connectivity index (χ0) is 14.1. The van der Waals surface area contributed by atoms with Crippen molar-refractivity contribution in [1.82, 2.24) is 25.1 Å². The molecule has 0 bridgehead atoms. The van der Waals surface area contributed by atoms with Crippen molar-refractivity contribution in [3.8, 4) is 5.95 Å². The molecule has 0 fully saturated rings. The number of nitrogens with one attached hydrogen (secondary N) is 2. The van der Waals surface area contributed by atoms with E-state index in [1.807, 2.05) is 36.0 Å². The number of likely N-dealkylation sites (N-methyl/N-ethyl adjacent to an activating group) is 1. The van der Waals surface area contributed by atoms with Crippen LogP contribution >= 0.6 is 0 Å². The molecule has 0 unspecified atom stereocenters. The van der Waals surface area contributed by atoms with Crippen LogP contribution in [-0.4, -0.2) is 33.3 Å². The second-order valence-corrected chi connectivity index (χ2v) is 4.99. The van der Waals surface area contributed by atoms with Crippen LogP contribution in [0.25, 0.3) is 17.0 Å². The Morgan fingerprint density at radius 1 is 1.25 bits per heavy atom. The lowest BCUT2D eigenvalue weighted by atomic mass is 10.1. The summed E-state index contributed by atoms with van der Waals surface area (Å²) in [6.07, 6.45) is 0.981. The van der Waals surface area contributed by atoms with E-state index in [1.165, 1.54) is 5.56 Å². The molecule has 0 amide bonds. The average molecular weight is 269 g/mol. The molecule has 0 aliphatic rings. The van der Waals surface area contributed by atoms with Gasteiger partial charge in [-0.05, 0) is 51.6 Å². The van der Waals surface area contributed by atoms with E-state index in [9.17, 15) is 0 Å². The minimum Gasteiger partial charge on any atom is -0.322 e. The van der Waals surface area contributed by atoms with Crippen LogP contribution in [0.2, 0.25) is 0 Å². The second kappa shape index (κ2) is 5.09. The molecule has 20 heavy (non-hydrogen) atoms. The molecule has 0 atom stereocenters. The average Bonchev–Trinajstić information content (AvgIpc) is 2.98. The van der Waals surface area contributed by atoms with E-state index in [0.717, 1.165) is 41.3 Å². The number of para-hydroxylation sites is 2. The van der Waals surface area contributed by atoms with E-state index >= 15 is 0 Å². The van der Waals surface area contributed by atoms with E-state index in [4.69, 9.17) is 0 Å². The Labute approximate surface area is 118 Å². The number of H-pyrrole nitrogens is 1. The third kappa shape index (κ3) is 2.10. The van der Waals surface area contributed by atoms with Gasteiger partial charge < -0.3 is 10.3 Å². The highest BCUT2D eigenvalue weighted by atomic mass is 15.4. The molecule has 0 spiro atoms. The van der Waals surface area contributed by atoms with Gasteiger partial charge in [0, 0.05) is 5.69 Å². The van der Waals surface area contributed by atoms with Gasteiger partial charge in [0.1, 0.15) is 0 Å². The van der Waals surface area contributed by atoms with Gasteiger partial charge in [-0.3, -0.25) is 0 Å². The van der Waals surface area contributed by atoms with Crippen LogP contribution in [0.5, 0.6) is 0 Å². The van der Waals surface area contributed by atoms with Crippen LogP contribution in [-0.2, 0) is 6.42 Å². The largest absolute Gasteiger partial charge is 0.322 e. The van der Waals surface area contributed by atoms with Crippen LogP contribution in [0, 0.1) is 13.8 Å². The predicted molar refractivity (Wildman–Crippen MR) is 80.3 cm³/mol. The molecule has 0 radical (unpaired) electrons. The number of nitrogens with zero attached hydrogens (tertiary/aromatic N) is 3. The Morgan fingerprint density at radius 2 is 2.05 bits per heavy atom. The number of hydrogen-bond acceptors (Lipinski definition) is 3. The number of imidazole rings is 1. The lowest BCUT2D eigenvalue weighted by Gasteiger charge is -2.02. The van der Waals surface area contributed by atoms with Crippen LogP contribution in [0.15, 0.2) is 24.3 Å². The molecule has 1 aromatic carbocycles. The van der Waals surface area contributed by atoms with E-state index in [-0.39, 0.29) is 0 Å². The lowest BCUT2D eigenvalue weighted by Crippen LogP contribution is -2.11. The van der Waals surface area contributed by atoms with E-state index in [0.29, 0.717) is 0 Å². The van der Waals surface area contributed by atoms with Gasteiger partial charge in [0.25, 0.3) is 0 Å². The molecule has 2 N–H and O–H groups in total. The van der Waals surface area contributed by atoms with Crippen LogP contribution in [0.4, 0.5) is 0 Å². The fraction of sp³-hybridized carbons (Fsp3) is 0.333. The number of aromatic nitrogens is 4. The van der Waals surface area contributed by atoms with Crippen molar-refractivity contribution in [2.45, 2.75) is 20.3 Å². The summed E-state index contributed by atoms with van der Waals surface area (Å²) in [7, 11) is 1.97. The monoisotopic (exact) mass is 269 g/mol. The molecule has 0 saturated heterocycles. The van der Waals surface area contributed by atoms with Gasteiger partial charge in [0.2, 0.25) is 5.95 Å². The maximum atomic E-state index is 4.62. The second-order valence-electron chi connectivity index (χ2n) is 4.99. The summed E-state index contributed by atoms with van der Waals surface area (Å²) in [4.78, 5) is 7.93. The first-order chi connectivity index (χ1) is 9.70. The predicted octanol–water partition coefficient (Wildman–Crippen LogP) is 2.13. The Balaban J connectivity index is 2.05. The molecule has 2 aromatic heterocycles. The molecule has 5 heteroatoms. The Bertz CT molecular complexity index is 705.